The average molecular weight is 302 g/mol. The fourth-order valence-corrected chi connectivity index (χ4v) is 2.82. The summed E-state index contributed by atoms with van der Waals surface area (Å²) in [4.78, 5) is 13.0. The number of carbonyl (C=O) groups is 1. The van der Waals surface area contributed by atoms with Gasteiger partial charge in [0.1, 0.15) is 0 Å². The van der Waals surface area contributed by atoms with Gasteiger partial charge in [0.05, 0.1) is 36.0 Å². The lowest BCUT2D eigenvalue weighted by Gasteiger charge is -2.34. The second kappa shape index (κ2) is 6.56. The Balaban J connectivity index is 2.14. The molecule has 1 fully saturated rings. The molecular formula is C13H20ClN3O3. The summed E-state index contributed by atoms with van der Waals surface area (Å²) in [5.41, 5.74) is 1.81. The number of ether oxygens (including phenoxy) is 1. The average Bonchev–Trinajstić information content (AvgIpc) is 2.67. The molecule has 6 nitrogen and oxygen atoms in total. The number of rotatable bonds is 5. The topological polar surface area (TPSA) is 67.6 Å². The summed E-state index contributed by atoms with van der Waals surface area (Å²) >= 11 is 6.34. The molecule has 112 valence electrons. The van der Waals surface area contributed by atoms with Crippen LogP contribution in [0, 0.1) is 0 Å². The standard InChI is InChI=1S/C13H20ClN3O3/c1-3-10-13(14)11(16(2)15-10)7-17-4-5-20-8-9(17)6-12(18)19/h9H,3-8H2,1-2H3,(H,18,19). The Bertz CT molecular complexity index is 489. The first kappa shape index (κ1) is 15.3. The van der Waals surface area contributed by atoms with Crippen molar-refractivity contribution < 1.29 is 14.6 Å². The van der Waals surface area contributed by atoms with E-state index in [-0.39, 0.29) is 12.5 Å². The van der Waals surface area contributed by atoms with E-state index >= 15 is 0 Å². The van der Waals surface area contributed by atoms with Crippen LogP contribution in [0.5, 0.6) is 0 Å². The van der Waals surface area contributed by atoms with Crippen LogP contribution in [-0.2, 0) is 29.5 Å². The molecule has 1 saturated heterocycles. The van der Waals surface area contributed by atoms with E-state index in [4.69, 9.17) is 21.4 Å². The van der Waals surface area contributed by atoms with Gasteiger partial charge in [-0.25, -0.2) is 0 Å². The van der Waals surface area contributed by atoms with Gasteiger partial charge in [-0.2, -0.15) is 5.10 Å². The van der Waals surface area contributed by atoms with Crippen LogP contribution < -0.4 is 0 Å². The summed E-state index contributed by atoms with van der Waals surface area (Å²) in [5.74, 6) is -0.809. The van der Waals surface area contributed by atoms with Crippen molar-refractivity contribution in [1.29, 1.82) is 0 Å². The minimum atomic E-state index is -0.809. The van der Waals surface area contributed by atoms with Crippen LogP contribution >= 0.6 is 11.6 Å². The first-order valence-electron chi connectivity index (χ1n) is 6.76. The van der Waals surface area contributed by atoms with E-state index in [2.05, 4.69) is 10.00 Å². The summed E-state index contributed by atoms with van der Waals surface area (Å²) in [6, 6.07) is -0.114. The Kier molecular flexibility index (Phi) is 5.01. The quantitative estimate of drug-likeness (QED) is 0.888. The summed E-state index contributed by atoms with van der Waals surface area (Å²) in [6.07, 6.45) is 0.866. The highest BCUT2D eigenvalue weighted by molar-refractivity contribution is 6.31. The molecule has 1 atom stereocenters. The number of nitrogens with zero attached hydrogens (tertiary/aromatic N) is 3. The molecule has 1 unspecified atom stereocenters. The van der Waals surface area contributed by atoms with Gasteiger partial charge in [-0.15, -0.1) is 0 Å². The normalized spacial score (nSPS) is 20.2. The molecule has 1 aromatic rings. The van der Waals surface area contributed by atoms with Crippen molar-refractivity contribution in [3.63, 3.8) is 0 Å². The molecule has 7 heteroatoms. The number of halogens is 1. The van der Waals surface area contributed by atoms with Gasteiger partial charge in [0.2, 0.25) is 0 Å². The molecule has 1 aromatic heterocycles. The first-order valence-corrected chi connectivity index (χ1v) is 7.14. The van der Waals surface area contributed by atoms with Crippen LogP contribution in [0.1, 0.15) is 24.7 Å². The highest BCUT2D eigenvalue weighted by atomic mass is 35.5. The van der Waals surface area contributed by atoms with Crippen molar-refractivity contribution in [3.05, 3.63) is 16.4 Å². The predicted octanol–water partition coefficient (Wildman–Crippen LogP) is 1.31. The van der Waals surface area contributed by atoms with Crippen molar-refractivity contribution in [1.82, 2.24) is 14.7 Å². The zero-order valence-electron chi connectivity index (χ0n) is 11.8. The van der Waals surface area contributed by atoms with E-state index in [0.29, 0.717) is 31.3 Å². The largest absolute Gasteiger partial charge is 0.481 e. The van der Waals surface area contributed by atoms with Crippen LogP contribution in [0.4, 0.5) is 0 Å². The van der Waals surface area contributed by atoms with Crippen molar-refractivity contribution in [2.75, 3.05) is 19.8 Å². The Morgan fingerprint density at radius 3 is 2.95 bits per heavy atom. The van der Waals surface area contributed by atoms with Crippen molar-refractivity contribution in [2.45, 2.75) is 32.4 Å². The van der Waals surface area contributed by atoms with Crippen molar-refractivity contribution >= 4 is 17.6 Å². The lowest BCUT2D eigenvalue weighted by atomic mass is 10.1. The number of hydrogen-bond acceptors (Lipinski definition) is 4. The van der Waals surface area contributed by atoms with E-state index in [0.717, 1.165) is 17.8 Å². The van der Waals surface area contributed by atoms with E-state index < -0.39 is 5.97 Å². The minimum Gasteiger partial charge on any atom is -0.481 e. The lowest BCUT2D eigenvalue weighted by Crippen LogP contribution is -2.46. The van der Waals surface area contributed by atoms with E-state index in [1.54, 1.807) is 4.68 Å². The molecular weight excluding hydrogens is 282 g/mol. The van der Waals surface area contributed by atoms with Crippen LogP contribution in [-0.4, -0.2) is 51.6 Å². The van der Waals surface area contributed by atoms with Crippen LogP contribution in [0.15, 0.2) is 0 Å². The summed E-state index contributed by atoms with van der Waals surface area (Å²) in [7, 11) is 1.87. The number of morpholine rings is 1. The van der Waals surface area contributed by atoms with Gasteiger partial charge in [-0.3, -0.25) is 14.4 Å². The Labute approximate surface area is 123 Å². The van der Waals surface area contributed by atoms with E-state index in [1.165, 1.54) is 0 Å². The van der Waals surface area contributed by atoms with Gasteiger partial charge in [-0.05, 0) is 6.42 Å². The van der Waals surface area contributed by atoms with Crippen molar-refractivity contribution in [2.24, 2.45) is 7.05 Å². The number of carboxylic acids is 1. The fourth-order valence-electron chi connectivity index (χ4n) is 2.47. The van der Waals surface area contributed by atoms with E-state index in [1.807, 2.05) is 14.0 Å². The Morgan fingerprint density at radius 2 is 2.35 bits per heavy atom. The molecule has 0 aromatic carbocycles. The highest BCUT2D eigenvalue weighted by Gasteiger charge is 2.27. The number of hydrogen-bond donors (Lipinski definition) is 1. The minimum absolute atomic E-state index is 0.0795. The first-order chi connectivity index (χ1) is 9.52. The maximum absolute atomic E-state index is 10.9. The zero-order chi connectivity index (χ0) is 14.7. The van der Waals surface area contributed by atoms with Gasteiger partial charge >= 0.3 is 5.97 Å². The number of aromatic nitrogens is 2. The SMILES string of the molecule is CCc1nn(C)c(CN2CCOCC2CC(=O)O)c1Cl. The Morgan fingerprint density at radius 1 is 1.60 bits per heavy atom. The molecule has 0 saturated carbocycles. The fraction of sp³-hybridized carbons (Fsp3) is 0.692. The number of carboxylic acid groups (broad SMARTS) is 1. The lowest BCUT2D eigenvalue weighted by molar-refractivity contribution is -0.140. The van der Waals surface area contributed by atoms with Gasteiger partial charge in [0.15, 0.2) is 0 Å². The summed E-state index contributed by atoms with van der Waals surface area (Å²) in [5, 5.41) is 14.1. The molecule has 0 radical (unpaired) electrons. The third-order valence-corrected chi connectivity index (χ3v) is 4.05. The number of aryl methyl sites for hydroxylation is 2. The molecule has 0 bridgehead atoms. The molecule has 2 heterocycles. The molecule has 2 rings (SSSR count). The molecule has 1 aliphatic rings. The maximum atomic E-state index is 10.9. The molecule has 1 N–H and O–H groups in total. The second-order valence-electron chi connectivity index (χ2n) is 4.98. The second-order valence-corrected chi connectivity index (χ2v) is 5.36. The number of aliphatic carboxylic acids is 1. The molecule has 0 amide bonds. The van der Waals surface area contributed by atoms with Crippen LogP contribution in [0.3, 0.4) is 0 Å². The van der Waals surface area contributed by atoms with Gasteiger partial charge in [-0.1, -0.05) is 18.5 Å². The summed E-state index contributed by atoms with van der Waals surface area (Å²) < 4.78 is 7.16. The molecule has 1 aliphatic heterocycles. The van der Waals surface area contributed by atoms with Crippen LogP contribution in [0.25, 0.3) is 0 Å². The zero-order valence-corrected chi connectivity index (χ0v) is 12.6. The summed E-state index contributed by atoms with van der Waals surface area (Å²) in [6.45, 7) is 4.39. The van der Waals surface area contributed by atoms with E-state index in [9.17, 15) is 4.79 Å². The third-order valence-electron chi connectivity index (χ3n) is 3.62. The molecule has 0 spiro atoms. The van der Waals surface area contributed by atoms with Gasteiger partial charge in [0, 0.05) is 26.2 Å². The third kappa shape index (κ3) is 3.31. The maximum Gasteiger partial charge on any atom is 0.305 e. The van der Waals surface area contributed by atoms with Crippen LogP contribution in [0.2, 0.25) is 5.02 Å². The smallest absolute Gasteiger partial charge is 0.305 e. The molecule has 0 aliphatic carbocycles. The Hall–Kier alpha value is -1.11. The molecule has 20 heavy (non-hydrogen) atoms. The van der Waals surface area contributed by atoms with Gasteiger partial charge < -0.3 is 9.84 Å². The predicted molar refractivity (Wildman–Crippen MR) is 74.9 cm³/mol. The highest BCUT2D eigenvalue weighted by Crippen LogP contribution is 2.24. The monoisotopic (exact) mass is 301 g/mol. The van der Waals surface area contributed by atoms with Crippen molar-refractivity contribution in [3.8, 4) is 0 Å². The van der Waals surface area contributed by atoms with Gasteiger partial charge in [0.25, 0.3) is 0 Å².